The first-order chi connectivity index (χ1) is 9.63. The van der Waals surface area contributed by atoms with E-state index in [2.05, 4.69) is 4.98 Å². The van der Waals surface area contributed by atoms with Crippen molar-refractivity contribution < 1.29 is 4.79 Å². The van der Waals surface area contributed by atoms with Crippen molar-refractivity contribution in [3.63, 3.8) is 0 Å². The lowest BCUT2D eigenvalue weighted by Gasteiger charge is -2.21. The molecule has 0 aliphatic heterocycles. The Morgan fingerprint density at radius 3 is 2.65 bits per heavy atom. The molecule has 0 bridgehead atoms. The van der Waals surface area contributed by atoms with Gasteiger partial charge in [-0.25, -0.2) is 4.98 Å². The van der Waals surface area contributed by atoms with Crippen molar-refractivity contribution in [2.24, 2.45) is 0 Å². The highest BCUT2D eigenvalue weighted by Gasteiger charge is 2.33. The fraction of sp³-hybridized carbons (Fsp3) is 0.333. The number of nitrogens with two attached hydrogens (primary N) is 1. The minimum atomic E-state index is 0.0925. The molecule has 1 aliphatic rings. The van der Waals surface area contributed by atoms with E-state index in [4.69, 9.17) is 5.73 Å². The molecule has 1 aliphatic carbocycles. The molecule has 1 fully saturated rings. The highest BCUT2D eigenvalue weighted by Crippen LogP contribution is 2.30. The van der Waals surface area contributed by atoms with Crippen molar-refractivity contribution in [1.29, 1.82) is 0 Å². The number of amides is 1. The maximum absolute atomic E-state index is 12.6. The highest BCUT2D eigenvalue weighted by molar-refractivity contribution is 7.13. The summed E-state index contributed by atoms with van der Waals surface area (Å²) in [7, 11) is 0. The summed E-state index contributed by atoms with van der Waals surface area (Å²) in [4.78, 5) is 19.4. The minimum Gasteiger partial charge on any atom is -0.399 e. The van der Waals surface area contributed by atoms with Gasteiger partial charge in [-0.15, -0.1) is 11.3 Å². The SMILES string of the molecule is Cc1ncc(C(=O)N(Cc2ccc(N)cc2)C2CC2)s1. The van der Waals surface area contributed by atoms with E-state index in [1.807, 2.05) is 36.1 Å². The molecule has 1 aromatic heterocycles. The van der Waals surface area contributed by atoms with Crippen LogP contribution >= 0.6 is 11.3 Å². The molecule has 2 N–H and O–H groups in total. The Kier molecular flexibility index (Phi) is 3.44. The monoisotopic (exact) mass is 287 g/mol. The van der Waals surface area contributed by atoms with E-state index >= 15 is 0 Å². The maximum atomic E-state index is 12.6. The number of hydrogen-bond acceptors (Lipinski definition) is 4. The normalized spacial score (nSPS) is 14.2. The largest absolute Gasteiger partial charge is 0.399 e. The van der Waals surface area contributed by atoms with E-state index in [0.717, 1.165) is 34.0 Å². The molecule has 1 saturated carbocycles. The van der Waals surface area contributed by atoms with Crippen LogP contribution in [-0.2, 0) is 6.54 Å². The summed E-state index contributed by atoms with van der Waals surface area (Å²) in [5.41, 5.74) is 7.55. The molecule has 0 unspecified atom stereocenters. The number of rotatable bonds is 4. The van der Waals surface area contributed by atoms with Crippen LogP contribution in [0.25, 0.3) is 0 Å². The number of benzene rings is 1. The van der Waals surface area contributed by atoms with Crippen LogP contribution < -0.4 is 5.73 Å². The van der Waals surface area contributed by atoms with Crippen molar-refractivity contribution in [3.05, 3.63) is 45.9 Å². The van der Waals surface area contributed by atoms with Gasteiger partial charge in [0, 0.05) is 18.3 Å². The quantitative estimate of drug-likeness (QED) is 0.880. The Morgan fingerprint density at radius 1 is 1.40 bits per heavy atom. The van der Waals surface area contributed by atoms with Crippen LogP contribution in [0.3, 0.4) is 0 Å². The van der Waals surface area contributed by atoms with Gasteiger partial charge < -0.3 is 10.6 Å². The molecule has 5 heteroatoms. The van der Waals surface area contributed by atoms with Gasteiger partial charge in [0.25, 0.3) is 5.91 Å². The van der Waals surface area contributed by atoms with Crippen LogP contribution in [0.2, 0.25) is 0 Å². The van der Waals surface area contributed by atoms with E-state index in [9.17, 15) is 4.79 Å². The van der Waals surface area contributed by atoms with Gasteiger partial charge in [-0.3, -0.25) is 4.79 Å². The third-order valence-electron chi connectivity index (χ3n) is 3.41. The second kappa shape index (κ2) is 5.25. The molecule has 0 atom stereocenters. The van der Waals surface area contributed by atoms with Crippen LogP contribution in [0, 0.1) is 6.92 Å². The van der Waals surface area contributed by atoms with Gasteiger partial charge in [-0.1, -0.05) is 12.1 Å². The zero-order chi connectivity index (χ0) is 14.1. The molecule has 104 valence electrons. The zero-order valence-electron chi connectivity index (χ0n) is 11.4. The molecule has 4 nitrogen and oxygen atoms in total. The highest BCUT2D eigenvalue weighted by atomic mass is 32.1. The van der Waals surface area contributed by atoms with E-state index < -0.39 is 0 Å². The topological polar surface area (TPSA) is 59.2 Å². The van der Waals surface area contributed by atoms with Crippen LogP contribution in [0.15, 0.2) is 30.5 Å². The fourth-order valence-electron chi connectivity index (χ4n) is 2.17. The maximum Gasteiger partial charge on any atom is 0.266 e. The Morgan fingerprint density at radius 2 is 2.10 bits per heavy atom. The van der Waals surface area contributed by atoms with Gasteiger partial charge in [0.15, 0.2) is 0 Å². The van der Waals surface area contributed by atoms with E-state index in [1.54, 1.807) is 6.20 Å². The van der Waals surface area contributed by atoms with Crippen LogP contribution in [-0.4, -0.2) is 21.8 Å². The fourth-order valence-corrected chi connectivity index (χ4v) is 2.91. The Labute approximate surface area is 122 Å². The first-order valence-electron chi connectivity index (χ1n) is 6.71. The first-order valence-corrected chi connectivity index (χ1v) is 7.53. The molecule has 0 saturated heterocycles. The lowest BCUT2D eigenvalue weighted by molar-refractivity contribution is 0.0734. The second-order valence-electron chi connectivity index (χ2n) is 5.15. The molecule has 2 aromatic rings. The molecule has 1 heterocycles. The summed E-state index contributed by atoms with van der Waals surface area (Å²) >= 11 is 1.46. The number of thiazole rings is 1. The standard InChI is InChI=1S/C15H17N3OS/c1-10-17-8-14(20-10)15(19)18(13-6-7-13)9-11-2-4-12(16)5-3-11/h2-5,8,13H,6-7,9,16H2,1H3. The number of anilines is 1. The number of aryl methyl sites for hydroxylation is 1. The summed E-state index contributed by atoms with van der Waals surface area (Å²) in [6.07, 6.45) is 3.87. The molecule has 0 radical (unpaired) electrons. The Balaban J connectivity index is 1.79. The van der Waals surface area contributed by atoms with Crippen molar-refractivity contribution in [2.45, 2.75) is 32.4 Å². The Hall–Kier alpha value is -1.88. The van der Waals surface area contributed by atoms with E-state index in [0.29, 0.717) is 12.6 Å². The summed E-state index contributed by atoms with van der Waals surface area (Å²) in [5.74, 6) is 0.0925. The molecule has 0 spiro atoms. The average molecular weight is 287 g/mol. The van der Waals surface area contributed by atoms with Crippen LogP contribution in [0.1, 0.15) is 33.1 Å². The summed E-state index contributed by atoms with van der Waals surface area (Å²) < 4.78 is 0. The number of aromatic nitrogens is 1. The van der Waals surface area contributed by atoms with E-state index in [-0.39, 0.29) is 5.91 Å². The van der Waals surface area contributed by atoms with Gasteiger partial charge in [0.1, 0.15) is 4.88 Å². The number of nitrogen functional groups attached to an aromatic ring is 1. The van der Waals surface area contributed by atoms with Gasteiger partial charge in [0.2, 0.25) is 0 Å². The molecule has 20 heavy (non-hydrogen) atoms. The number of carbonyl (C=O) groups excluding carboxylic acids is 1. The lowest BCUT2D eigenvalue weighted by atomic mass is 10.2. The molecular weight excluding hydrogens is 270 g/mol. The average Bonchev–Trinajstić information content (AvgIpc) is 3.19. The van der Waals surface area contributed by atoms with Crippen molar-refractivity contribution in [2.75, 3.05) is 5.73 Å². The number of hydrogen-bond donors (Lipinski definition) is 1. The van der Waals surface area contributed by atoms with Crippen molar-refractivity contribution >= 4 is 22.9 Å². The van der Waals surface area contributed by atoms with E-state index in [1.165, 1.54) is 11.3 Å². The van der Waals surface area contributed by atoms with Gasteiger partial charge in [0.05, 0.1) is 11.2 Å². The lowest BCUT2D eigenvalue weighted by Crippen LogP contribution is -2.32. The van der Waals surface area contributed by atoms with Crippen molar-refractivity contribution in [1.82, 2.24) is 9.88 Å². The molecular formula is C15H17N3OS. The zero-order valence-corrected chi connectivity index (χ0v) is 12.2. The predicted molar refractivity (Wildman–Crippen MR) is 80.6 cm³/mol. The van der Waals surface area contributed by atoms with Crippen LogP contribution in [0.4, 0.5) is 5.69 Å². The minimum absolute atomic E-state index is 0.0925. The van der Waals surface area contributed by atoms with Crippen molar-refractivity contribution in [3.8, 4) is 0 Å². The summed E-state index contributed by atoms with van der Waals surface area (Å²) in [5, 5.41) is 0.927. The smallest absolute Gasteiger partial charge is 0.266 e. The first kappa shape index (κ1) is 13.1. The molecule has 3 rings (SSSR count). The molecule has 1 amide bonds. The predicted octanol–water partition coefficient (Wildman–Crippen LogP) is 2.84. The third kappa shape index (κ3) is 2.82. The molecule has 1 aromatic carbocycles. The number of carbonyl (C=O) groups is 1. The van der Waals surface area contributed by atoms with Gasteiger partial charge in [-0.2, -0.15) is 0 Å². The second-order valence-corrected chi connectivity index (χ2v) is 6.38. The van der Waals surface area contributed by atoms with Gasteiger partial charge >= 0.3 is 0 Å². The Bertz CT molecular complexity index is 616. The van der Waals surface area contributed by atoms with Gasteiger partial charge in [-0.05, 0) is 37.5 Å². The summed E-state index contributed by atoms with van der Waals surface area (Å²) in [6, 6.07) is 8.09. The third-order valence-corrected chi connectivity index (χ3v) is 4.31. The number of nitrogens with zero attached hydrogens (tertiary/aromatic N) is 2. The summed E-state index contributed by atoms with van der Waals surface area (Å²) in [6.45, 7) is 2.56. The van der Waals surface area contributed by atoms with Crippen LogP contribution in [0.5, 0.6) is 0 Å².